The number of aromatic nitrogens is 2. The van der Waals surface area contributed by atoms with Gasteiger partial charge in [-0.05, 0) is 12.5 Å². The summed E-state index contributed by atoms with van der Waals surface area (Å²) in [4.78, 5) is 22.7. The number of hydrazone groups is 1. The van der Waals surface area contributed by atoms with Crippen LogP contribution in [-0.2, 0) is 15.6 Å². The maximum absolute atomic E-state index is 15.0. The van der Waals surface area contributed by atoms with E-state index in [2.05, 4.69) is 15.1 Å². The first kappa shape index (κ1) is 22.3. The zero-order chi connectivity index (χ0) is 23.0. The van der Waals surface area contributed by atoms with Crippen LogP contribution in [0, 0.1) is 23.4 Å². The molecule has 32 heavy (non-hydrogen) atoms. The Morgan fingerprint density at radius 1 is 1.19 bits per heavy atom. The summed E-state index contributed by atoms with van der Waals surface area (Å²) in [5.41, 5.74) is -0.345. The van der Waals surface area contributed by atoms with E-state index in [9.17, 15) is 22.2 Å². The van der Waals surface area contributed by atoms with Crippen LogP contribution in [0.2, 0.25) is 0 Å². The number of amides is 1. The molecular formula is C20H19F4N5O2S. The fraction of sp³-hybridized carbons (Fsp3) is 0.400. The Morgan fingerprint density at radius 2 is 1.97 bits per heavy atom. The van der Waals surface area contributed by atoms with Gasteiger partial charge in [0, 0.05) is 43.1 Å². The molecule has 1 amide bonds. The van der Waals surface area contributed by atoms with Gasteiger partial charge in [-0.15, -0.1) is 0 Å². The van der Waals surface area contributed by atoms with Crippen molar-refractivity contribution in [3.05, 3.63) is 47.5 Å². The summed E-state index contributed by atoms with van der Waals surface area (Å²) in [6.07, 6.45) is 2.63. The Labute approximate surface area is 183 Å². The number of anilines is 1. The van der Waals surface area contributed by atoms with Crippen LogP contribution in [0.1, 0.15) is 24.4 Å². The lowest BCUT2D eigenvalue weighted by Gasteiger charge is -2.36. The maximum atomic E-state index is 15.0. The van der Waals surface area contributed by atoms with Gasteiger partial charge in [-0.25, -0.2) is 32.5 Å². The molecule has 1 saturated heterocycles. The molecule has 0 bridgehead atoms. The summed E-state index contributed by atoms with van der Waals surface area (Å²) in [5, 5.41) is 5.14. The number of hydrogen-bond acceptors (Lipinski definition) is 6. The molecule has 2 aliphatic heterocycles. The molecule has 4 atom stereocenters. The molecule has 4 rings (SSSR count). The first-order valence-electron chi connectivity index (χ1n) is 9.80. The van der Waals surface area contributed by atoms with E-state index in [4.69, 9.17) is 0 Å². The molecule has 0 N–H and O–H groups in total. The molecule has 0 saturated carbocycles. The molecule has 7 nitrogen and oxygen atoms in total. The van der Waals surface area contributed by atoms with E-state index < -0.39 is 52.3 Å². The molecule has 0 radical (unpaired) electrons. The van der Waals surface area contributed by atoms with E-state index in [1.807, 2.05) is 0 Å². The highest BCUT2D eigenvalue weighted by Crippen LogP contribution is 2.35. The molecule has 2 aromatic rings. The van der Waals surface area contributed by atoms with Crippen LogP contribution < -0.4 is 4.90 Å². The molecule has 0 unspecified atom stereocenters. The molecule has 3 heterocycles. The van der Waals surface area contributed by atoms with Gasteiger partial charge in [-0.1, -0.05) is 0 Å². The highest BCUT2D eigenvalue weighted by Gasteiger charge is 2.41. The summed E-state index contributed by atoms with van der Waals surface area (Å²) in [6.45, 7) is 0.142. The Bertz CT molecular complexity index is 1100. The van der Waals surface area contributed by atoms with Crippen LogP contribution in [0.4, 0.5) is 23.4 Å². The van der Waals surface area contributed by atoms with E-state index in [-0.39, 0.29) is 31.5 Å². The number of piperidine rings is 1. The SMILES string of the molecule is C[S@](=O)c1cc(N2CC[C@H](C(=O)N3N=CC[C@H]3c3cc(F)cc(F)c3F)[C@H](F)C2)ncn1. The summed E-state index contributed by atoms with van der Waals surface area (Å²) in [5.74, 6) is -4.96. The number of carbonyl (C=O) groups excluding carboxylic acids is 1. The van der Waals surface area contributed by atoms with Gasteiger partial charge in [0.15, 0.2) is 11.6 Å². The molecule has 2 aliphatic rings. The Hall–Kier alpha value is -2.89. The standard InChI is InChI=1S/C20H19F4N5O2S/c1-32(31)18-8-17(25-10-26-18)28-5-3-12(15(23)9-28)20(30)29-16(2-4-27-29)13-6-11(21)7-14(22)19(13)24/h4,6-8,10,12,15-16H,2-3,5,9H2,1H3/t12-,15+,16-,32-/m0/s1. The second-order valence-electron chi connectivity index (χ2n) is 7.55. The van der Waals surface area contributed by atoms with E-state index in [0.29, 0.717) is 16.9 Å². The first-order valence-corrected chi connectivity index (χ1v) is 11.4. The van der Waals surface area contributed by atoms with Crippen molar-refractivity contribution in [1.29, 1.82) is 0 Å². The number of hydrogen-bond donors (Lipinski definition) is 0. The predicted molar refractivity (Wildman–Crippen MR) is 109 cm³/mol. The number of rotatable bonds is 4. The lowest BCUT2D eigenvalue weighted by Crippen LogP contribution is -2.48. The van der Waals surface area contributed by atoms with Gasteiger partial charge in [0.1, 0.15) is 29.2 Å². The van der Waals surface area contributed by atoms with Crippen molar-refractivity contribution in [2.75, 3.05) is 24.2 Å². The Balaban J connectivity index is 1.50. The van der Waals surface area contributed by atoms with Gasteiger partial charge in [0.05, 0.1) is 29.3 Å². The largest absolute Gasteiger partial charge is 0.354 e. The molecule has 1 aromatic carbocycles. The fourth-order valence-corrected chi connectivity index (χ4v) is 4.39. The number of alkyl halides is 1. The summed E-state index contributed by atoms with van der Waals surface area (Å²) < 4.78 is 68.3. The second kappa shape index (κ2) is 8.93. The van der Waals surface area contributed by atoms with Gasteiger partial charge in [-0.3, -0.25) is 9.00 Å². The van der Waals surface area contributed by atoms with Crippen LogP contribution in [-0.4, -0.2) is 56.8 Å². The minimum atomic E-state index is -1.59. The molecular weight excluding hydrogens is 450 g/mol. The van der Waals surface area contributed by atoms with E-state index in [0.717, 1.165) is 11.1 Å². The van der Waals surface area contributed by atoms with E-state index in [1.165, 1.54) is 24.9 Å². The maximum Gasteiger partial charge on any atom is 0.249 e. The summed E-state index contributed by atoms with van der Waals surface area (Å²) in [7, 11) is -1.33. The van der Waals surface area contributed by atoms with Crippen molar-refractivity contribution in [2.24, 2.45) is 11.0 Å². The average Bonchev–Trinajstić information content (AvgIpc) is 3.25. The predicted octanol–water partition coefficient (Wildman–Crippen LogP) is 2.76. The average molecular weight is 469 g/mol. The van der Waals surface area contributed by atoms with Crippen molar-refractivity contribution in [3.8, 4) is 0 Å². The topological polar surface area (TPSA) is 78.8 Å². The third-order valence-electron chi connectivity index (χ3n) is 5.54. The first-order chi connectivity index (χ1) is 15.3. The van der Waals surface area contributed by atoms with Crippen molar-refractivity contribution >= 4 is 28.7 Å². The van der Waals surface area contributed by atoms with E-state index >= 15 is 4.39 Å². The molecule has 1 fully saturated rings. The van der Waals surface area contributed by atoms with E-state index in [1.54, 1.807) is 4.90 Å². The van der Waals surface area contributed by atoms with Crippen LogP contribution in [0.3, 0.4) is 0 Å². The number of benzene rings is 1. The quantitative estimate of drug-likeness (QED) is 0.391. The summed E-state index contributed by atoms with van der Waals surface area (Å²) in [6, 6.07) is 1.69. The second-order valence-corrected chi connectivity index (χ2v) is 8.88. The molecule has 1 aromatic heterocycles. The molecule has 0 spiro atoms. The third kappa shape index (κ3) is 4.23. The van der Waals surface area contributed by atoms with Gasteiger partial charge in [-0.2, -0.15) is 5.10 Å². The number of halogens is 4. The van der Waals surface area contributed by atoms with Crippen LogP contribution in [0.15, 0.2) is 34.7 Å². The van der Waals surface area contributed by atoms with Crippen molar-refractivity contribution in [1.82, 2.24) is 15.0 Å². The van der Waals surface area contributed by atoms with Crippen molar-refractivity contribution in [2.45, 2.75) is 30.1 Å². The zero-order valence-electron chi connectivity index (χ0n) is 16.9. The smallest absolute Gasteiger partial charge is 0.249 e. The Kier molecular flexibility index (Phi) is 6.22. The van der Waals surface area contributed by atoms with Crippen LogP contribution in [0.5, 0.6) is 0 Å². The lowest BCUT2D eigenvalue weighted by molar-refractivity contribution is -0.140. The highest BCUT2D eigenvalue weighted by molar-refractivity contribution is 7.84. The molecule has 170 valence electrons. The zero-order valence-corrected chi connectivity index (χ0v) is 17.7. The Morgan fingerprint density at radius 3 is 2.69 bits per heavy atom. The lowest BCUT2D eigenvalue weighted by atomic mass is 9.92. The van der Waals surface area contributed by atoms with Crippen molar-refractivity contribution in [3.63, 3.8) is 0 Å². The monoisotopic (exact) mass is 469 g/mol. The van der Waals surface area contributed by atoms with Crippen LogP contribution >= 0.6 is 0 Å². The summed E-state index contributed by atoms with van der Waals surface area (Å²) >= 11 is 0. The minimum absolute atomic E-state index is 0.0548. The molecule has 12 heteroatoms. The van der Waals surface area contributed by atoms with Crippen LogP contribution in [0.25, 0.3) is 0 Å². The minimum Gasteiger partial charge on any atom is -0.354 e. The number of nitrogens with zero attached hydrogens (tertiary/aromatic N) is 5. The third-order valence-corrected chi connectivity index (χ3v) is 6.35. The van der Waals surface area contributed by atoms with Gasteiger partial charge in [0.25, 0.3) is 0 Å². The highest BCUT2D eigenvalue weighted by atomic mass is 32.2. The normalized spacial score (nSPS) is 24.1. The number of carbonyl (C=O) groups is 1. The van der Waals surface area contributed by atoms with Gasteiger partial charge >= 0.3 is 0 Å². The van der Waals surface area contributed by atoms with Gasteiger partial charge in [0.2, 0.25) is 5.91 Å². The van der Waals surface area contributed by atoms with Gasteiger partial charge < -0.3 is 4.90 Å². The fourth-order valence-electron chi connectivity index (χ4n) is 3.92. The van der Waals surface area contributed by atoms with Crippen molar-refractivity contribution < 1.29 is 26.6 Å². The molecule has 0 aliphatic carbocycles.